The third-order valence-electron chi connectivity index (χ3n) is 5.05. The molecular formula is C21H27N3O2. The van der Waals surface area contributed by atoms with Crippen molar-refractivity contribution < 1.29 is 9.53 Å². The van der Waals surface area contributed by atoms with Crippen LogP contribution in [0.1, 0.15) is 48.5 Å². The highest BCUT2D eigenvalue weighted by atomic mass is 16.5. The molecule has 0 spiro atoms. The molecule has 1 aromatic carbocycles. The van der Waals surface area contributed by atoms with E-state index in [1.807, 2.05) is 36.5 Å². The molecule has 1 aliphatic rings. The van der Waals surface area contributed by atoms with Crippen LogP contribution in [0.25, 0.3) is 0 Å². The van der Waals surface area contributed by atoms with Gasteiger partial charge in [0.15, 0.2) is 0 Å². The minimum atomic E-state index is -0.115. The number of para-hydroxylation sites is 1. The lowest BCUT2D eigenvalue weighted by atomic mass is 9.99. The van der Waals surface area contributed by atoms with Crippen LogP contribution >= 0.6 is 0 Å². The average molecular weight is 353 g/mol. The van der Waals surface area contributed by atoms with Gasteiger partial charge in [-0.15, -0.1) is 0 Å². The SMILES string of the molecule is CCC1CCCCN1c1cncc(C(=O)NCc2ccccc2OC)c1. The Balaban J connectivity index is 1.70. The first kappa shape index (κ1) is 18.2. The first-order chi connectivity index (χ1) is 12.7. The maximum absolute atomic E-state index is 12.6. The lowest BCUT2D eigenvalue weighted by Gasteiger charge is -2.37. The van der Waals surface area contributed by atoms with E-state index in [0.29, 0.717) is 18.2 Å². The second kappa shape index (κ2) is 8.70. The minimum absolute atomic E-state index is 0.115. The van der Waals surface area contributed by atoms with Crippen molar-refractivity contribution in [3.05, 3.63) is 53.9 Å². The first-order valence-corrected chi connectivity index (χ1v) is 9.34. The van der Waals surface area contributed by atoms with Crippen LogP contribution in [0.5, 0.6) is 5.75 Å². The van der Waals surface area contributed by atoms with Gasteiger partial charge in [-0.25, -0.2) is 0 Å². The van der Waals surface area contributed by atoms with Crippen molar-refractivity contribution in [1.82, 2.24) is 10.3 Å². The van der Waals surface area contributed by atoms with Gasteiger partial charge in [-0.05, 0) is 37.8 Å². The summed E-state index contributed by atoms with van der Waals surface area (Å²) in [4.78, 5) is 19.3. The van der Waals surface area contributed by atoms with E-state index in [1.54, 1.807) is 13.3 Å². The number of nitrogens with one attached hydrogen (secondary N) is 1. The number of carbonyl (C=O) groups is 1. The topological polar surface area (TPSA) is 54.5 Å². The monoisotopic (exact) mass is 353 g/mol. The molecule has 1 fully saturated rings. The van der Waals surface area contributed by atoms with Gasteiger partial charge in [0, 0.05) is 30.9 Å². The zero-order valence-corrected chi connectivity index (χ0v) is 15.6. The van der Waals surface area contributed by atoms with Crippen molar-refractivity contribution in [2.45, 2.75) is 45.2 Å². The molecule has 26 heavy (non-hydrogen) atoms. The van der Waals surface area contributed by atoms with E-state index in [0.717, 1.165) is 30.0 Å². The zero-order valence-electron chi connectivity index (χ0n) is 15.6. The van der Waals surface area contributed by atoms with Crippen molar-refractivity contribution in [2.24, 2.45) is 0 Å². The smallest absolute Gasteiger partial charge is 0.253 e. The van der Waals surface area contributed by atoms with E-state index in [-0.39, 0.29) is 5.91 Å². The summed E-state index contributed by atoms with van der Waals surface area (Å²) >= 11 is 0. The van der Waals surface area contributed by atoms with Crippen molar-refractivity contribution in [3.63, 3.8) is 0 Å². The van der Waals surface area contributed by atoms with E-state index >= 15 is 0 Å². The van der Waals surface area contributed by atoms with E-state index in [9.17, 15) is 4.79 Å². The molecule has 0 radical (unpaired) electrons. The van der Waals surface area contributed by atoms with Crippen LogP contribution in [0.15, 0.2) is 42.7 Å². The number of anilines is 1. The van der Waals surface area contributed by atoms with Gasteiger partial charge in [0.05, 0.1) is 24.6 Å². The second-order valence-corrected chi connectivity index (χ2v) is 6.68. The summed E-state index contributed by atoms with van der Waals surface area (Å²) in [5, 5.41) is 2.97. The van der Waals surface area contributed by atoms with Gasteiger partial charge in [-0.3, -0.25) is 9.78 Å². The quantitative estimate of drug-likeness (QED) is 0.858. The Morgan fingerprint density at radius 3 is 2.96 bits per heavy atom. The van der Waals surface area contributed by atoms with Gasteiger partial charge >= 0.3 is 0 Å². The standard InChI is InChI=1S/C21H27N3O2/c1-3-18-9-6-7-11-24(18)19-12-17(13-22-15-19)21(25)23-14-16-8-4-5-10-20(16)26-2/h4-5,8,10,12-13,15,18H,3,6-7,9,11,14H2,1-2H3,(H,23,25). The minimum Gasteiger partial charge on any atom is -0.496 e. The Morgan fingerprint density at radius 2 is 2.15 bits per heavy atom. The molecule has 2 heterocycles. The summed E-state index contributed by atoms with van der Waals surface area (Å²) in [5.74, 6) is 0.661. The van der Waals surface area contributed by atoms with Gasteiger partial charge in [-0.1, -0.05) is 25.1 Å². The van der Waals surface area contributed by atoms with Crippen molar-refractivity contribution in [2.75, 3.05) is 18.6 Å². The normalized spacial score (nSPS) is 17.0. The fourth-order valence-corrected chi connectivity index (χ4v) is 3.60. The highest BCUT2D eigenvalue weighted by Crippen LogP contribution is 2.26. The Labute approximate surface area is 155 Å². The molecule has 0 bridgehead atoms. The van der Waals surface area contributed by atoms with Crippen LogP contribution < -0.4 is 15.0 Å². The number of piperidine rings is 1. The lowest BCUT2D eigenvalue weighted by Crippen LogP contribution is -2.39. The molecule has 1 N–H and O–H groups in total. The third-order valence-corrected chi connectivity index (χ3v) is 5.05. The molecule has 138 valence electrons. The Bertz CT molecular complexity index is 748. The van der Waals surface area contributed by atoms with Gasteiger partial charge in [0.25, 0.3) is 5.91 Å². The molecule has 0 saturated carbocycles. The van der Waals surface area contributed by atoms with Crippen LogP contribution in [-0.4, -0.2) is 30.6 Å². The van der Waals surface area contributed by atoms with Crippen molar-refractivity contribution >= 4 is 11.6 Å². The Kier molecular flexibility index (Phi) is 6.10. The summed E-state index contributed by atoms with van der Waals surface area (Å²) in [6.45, 7) is 3.68. The Morgan fingerprint density at radius 1 is 1.31 bits per heavy atom. The number of nitrogens with zero attached hydrogens (tertiary/aromatic N) is 2. The highest BCUT2D eigenvalue weighted by Gasteiger charge is 2.22. The summed E-state index contributed by atoms with van der Waals surface area (Å²) in [7, 11) is 1.64. The molecule has 1 unspecified atom stereocenters. The van der Waals surface area contributed by atoms with E-state index in [4.69, 9.17) is 4.74 Å². The average Bonchev–Trinajstić information content (AvgIpc) is 2.72. The van der Waals surface area contributed by atoms with Crippen molar-refractivity contribution in [3.8, 4) is 5.75 Å². The third kappa shape index (κ3) is 4.15. The largest absolute Gasteiger partial charge is 0.496 e. The second-order valence-electron chi connectivity index (χ2n) is 6.68. The fourth-order valence-electron chi connectivity index (χ4n) is 3.60. The molecule has 1 aromatic heterocycles. The molecule has 3 rings (SSSR count). The molecule has 5 heteroatoms. The molecule has 5 nitrogen and oxygen atoms in total. The lowest BCUT2D eigenvalue weighted by molar-refractivity contribution is 0.0950. The summed E-state index contributed by atoms with van der Waals surface area (Å²) < 4.78 is 5.34. The Hall–Kier alpha value is -2.56. The van der Waals surface area contributed by atoms with Crippen LogP contribution in [0.2, 0.25) is 0 Å². The van der Waals surface area contributed by atoms with Crippen LogP contribution in [0.4, 0.5) is 5.69 Å². The molecule has 2 aromatic rings. The van der Waals surface area contributed by atoms with Crippen LogP contribution in [-0.2, 0) is 6.54 Å². The number of hydrogen-bond acceptors (Lipinski definition) is 4. The van der Waals surface area contributed by atoms with Gasteiger partial charge in [-0.2, -0.15) is 0 Å². The van der Waals surface area contributed by atoms with E-state index in [1.165, 1.54) is 19.3 Å². The van der Waals surface area contributed by atoms with Crippen LogP contribution in [0, 0.1) is 0 Å². The van der Waals surface area contributed by atoms with E-state index in [2.05, 4.69) is 22.1 Å². The number of benzene rings is 1. The first-order valence-electron chi connectivity index (χ1n) is 9.34. The highest BCUT2D eigenvalue weighted by molar-refractivity contribution is 5.94. The zero-order chi connectivity index (χ0) is 18.4. The number of rotatable bonds is 6. The van der Waals surface area contributed by atoms with Gasteiger partial charge in [0.1, 0.15) is 5.75 Å². The summed E-state index contributed by atoms with van der Waals surface area (Å²) in [5.41, 5.74) is 2.59. The predicted octanol–water partition coefficient (Wildman–Crippen LogP) is 3.79. The molecule has 1 aliphatic heterocycles. The number of methoxy groups -OCH3 is 1. The number of ether oxygens (including phenoxy) is 1. The van der Waals surface area contributed by atoms with Crippen molar-refractivity contribution in [1.29, 1.82) is 0 Å². The molecular weight excluding hydrogens is 326 g/mol. The number of amides is 1. The summed E-state index contributed by atoms with van der Waals surface area (Å²) in [6, 6.07) is 10.2. The number of hydrogen-bond donors (Lipinski definition) is 1. The molecule has 1 atom stereocenters. The maximum Gasteiger partial charge on any atom is 0.253 e. The fraction of sp³-hybridized carbons (Fsp3) is 0.429. The van der Waals surface area contributed by atoms with E-state index < -0.39 is 0 Å². The molecule has 1 saturated heterocycles. The molecule has 1 amide bonds. The summed E-state index contributed by atoms with van der Waals surface area (Å²) in [6.07, 6.45) is 8.30. The number of pyridine rings is 1. The van der Waals surface area contributed by atoms with Crippen LogP contribution in [0.3, 0.4) is 0 Å². The number of aromatic nitrogens is 1. The van der Waals surface area contributed by atoms with Gasteiger partial charge in [0.2, 0.25) is 0 Å². The van der Waals surface area contributed by atoms with Gasteiger partial charge < -0.3 is 15.0 Å². The molecule has 0 aliphatic carbocycles. The predicted molar refractivity (Wildman–Crippen MR) is 104 cm³/mol. The number of carbonyl (C=O) groups excluding carboxylic acids is 1. The maximum atomic E-state index is 12.6.